The monoisotopic (exact) mass is 479 g/mol. The van der Waals surface area contributed by atoms with E-state index in [9.17, 15) is 14.4 Å². The second kappa shape index (κ2) is 11.8. The van der Waals surface area contributed by atoms with Crippen molar-refractivity contribution in [2.75, 3.05) is 57.7 Å². The number of amides is 3. The topological polar surface area (TPSA) is 94.2 Å². The number of piperazine rings is 2. The van der Waals surface area contributed by atoms with Gasteiger partial charge in [-0.1, -0.05) is 25.1 Å². The van der Waals surface area contributed by atoms with Crippen molar-refractivity contribution in [1.29, 1.82) is 0 Å². The third kappa shape index (κ3) is 6.80. The van der Waals surface area contributed by atoms with E-state index in [0.717, 1.165) is 38.5 Å². The van der Waals surface area contributed by atoms with Crippen molar-refractivity contribution in [3.63, 3.8) is 0 Å². The van der Waals surface area contributed by atoms with Crippen LogP contribution in [0.5, 0.6) is 11.5 Å². The van der Waals surface area contributed by atoms with Crippen LogP contribution in [0.4, 0.5) is 5.69 Å². The Kier molecular flexibility index (Phi) is 8.33. The summed E-state index contributed by atoms with van der Waals surface area (Å²) in [4.78, 5) is 44.4. The molecule has 3 amide bonds. The Hall–Kier alpha value is -3.43. The lowest BCUT2D eigenvalue weighted by molar-refractivity contribution is -0.145. The highest BCUT2D eigenvalue weighted by molar-refractivity contribution is 5.97. The van der Waals surface area contributed by atoms with Gasteiger partial charge < -0.3 is 25.2 Å². The molecule has 1 atom stereocenters. The summed E-state index contributed by atoms with van der Waals surface area (Å²) in [6, 6.07) is 15.7. The number of para-hydroxylation sites is 1. The van der Waals surface area contributed by atoms with E-state index in [0.29, 0.717) is 24.5 Å². The van der Waals surface area contributed by atoms with Gasteiger partial charge in [-0.15, -0.1) is 0 Å². The van der Waals surface area contributed by atoms with Crippen LogP contribution >= 0.6 is 0 Å². The summed E-state index contributed by atoms with van der Waals surface area (Å²) in [7, 11) is 0. The second-order valence-corrected chi connectivity index (χ2v) is 8.80. The van der Waals surface area contributed by atoms with Gasteiger partial charge in [-0.25, -0.2) is 0 Å². The highest BCUT2D eigenvalue weighted by Gasteiger charge is 2.35. The molecule has 2 aromatic rings. The maximum absolute atomic E-state index is 13.0. The summed E-state index contributed by atoms with van der Waals surface area (Å²) in [5, 5.41) is 5.61. The van der Waals surface area contributed by atoms with Gasteiger partial charge in [0.25, 0.3) is 0 Å². The molecule has 2 aliphatic heterocycles. The Morgan fingerprint density at radius 3 is 2.29 bits per heavy atom. The van der Waals surface area contributed by atoms with Crippen LogP contribution in [0.3, 0.4) is 0 Å². The van der Waals surface area contributed by atoms with E-state index >= 15 is 0 Å². The molecule has 2 aliphatic rings. The van der Waals surface area contributed by atoms with Crippen molar-refractivity contribution in [1.82, 2.24) is 20.0 Å². The standard InChI is InChI=1S/C26H33N5O4/c1-2-29-14-16-30(17-15-29)19-25(33)31-13-12-27-26(34)23(31)18-24(32)28-20-8-10-22(11-9-20)35-21-6-4-3-5-7-21/h3-11,23H,2,12-19H2,1H3,(H,27,34)(H,28,32). The summed E-state index contributed by atoms with van der Waals surface area (Å²) in [5.74, 6) is 0.660. The molecule has 0 bridgehead atoms. The van der Waals surface area contributed by atoms with E-state index in [1.54, 1.807) is 29.2 Å². The van der Waals surface area contributed by atoms with Crippen molar-refractivity contribution in [3.8, 4) is 11.5 Å². The fourth-order valence-electron chi connectivity index (χ4n) is 4.38. The molecule has 2 fully saturated rings. The molecule has 0 radical (unpaired) electrons. The Balaban J connectivity index is 1.31. The Labute approximate surface area is 206 Å². The maximum atomic E-state index is 13.0. The van der Waals surface area contributed by atoms with Gasteiger partial charge in [-0.3, -0.25) is 19.3 Å². The van der Waals surface area contributed by atoms with Gasteiger partial charge in [0, 0.05) is 45.0 Å². The van der Waals surface area contributed by atoms with Gasteiger partial charge in [-0.2, -0.15) is 0 Å². The van der Waals surface area contributed by atoms with Crippen molar-refractivity contribution in [2.24, 2.45) is 0 Å². The average Bonchev–Trinajstić information content (AvgIpc) is 2.87. The van der Waals surface area contributed by atoms with Crippen molar-refractivity contribution < 1.29 is 19.1 Å². The molecule has 9 heteroatoms. The van der Waals surface area contributed by atoms with Crippen LogP contribution in [0.1, 0.15) is 13.3 Å². The number of hydrogen-bond donors (Lipinski definition) is 2. The highest BCUT2D eigenvalue weighted by Crippen LogP contribution is 2.23. The first-order chi connectivity index (χ1) is 17.0. The van der Waals surface area contributed by atoms with Crippen LogP contribution in [-0.4, -0.2) is 90.8 Å². The van der Waals surface area contributed by atoms with Crippen molar-refractivity contribution >= 4 is 23.4 Å². The quantitative estimate of drug-likeness (QED) is 0.600. The maximum Gasteiger partial charge on any atom is 0.243 e. The molecule has 1 unspecified atom stereocenters. The molecule has 0 aromatic heterocycles. The lowest BCUT2D eigenvalue weighted by Gasteiger charge is -2.38. The first-order valence-corrected chi connectivity index (χ1v) is 12.2. The van der Waals surface area contributed by atoms with Gasteiger partial charge in [-0.05, 0) is 42.9 Å². The smallest absolute Gasteiger partial charge is 0.243 e. The predicted molar refractivity (Wildman–Crippen MR) is 133 cm³/mol. The summed E-state index contributed by atoms with van der Waals surface area (Å²) in [6.45, 7) is 7.74. The molecule has 186 valence electrons. The van der Waals surface area contributed by atoms with E-state index in [4.69, 9.17) is 4.74 Å². The fraction of sp³-hybridized carbons (Fsp3) is 0.423. The van der Waals surface area contributed by atoms with Crippen LogP contribution in [0, 0.1) is 0 Å². The Bertz CT molecular complexity index is 1010. The van der Waals surface area contributed by atoms with Crippen LogP contribution in [0.25, 0.3) is 0 Å². The number of rotatable bonds is 8. The number of carbonyl (C=O) groups is 3. The number of benzene rings is 2. The van der Waals surface area contributed by atoms with Gasteiger partial charge in [0.15, 0.2) is 0 Å². The number of nitrogens with zero attached hydrogens (tertiary/aromatic N) is 3. The van der Waals surface area contributed by atoms with Gasteiger partial charge in [0.05, 0.1) is 13.0 Å². The number of hydrogen-bond acceptors (Lipinski definition) is 6. The summed E-state index contributed by atoms with van der Waals surface area (Å²) in [5.41, 5.74) is 0.596. The van der Waals surface area contributed by atoms with Crippen LogP contribution in [0.15, 0.2) is 54.6 Å². The number of carbonyl (C=O) groups excluding carboxylic acids is 3. The molecular formula is C26H33N5O4. The molecule has 0 saturated carbocycles. The molecule has 2 N–H and O–H groups in total. The van der Waals surface area contributed by atoms with E-state index in [1.165, 1.54) is 0 Å². The lowest BCUT2D eigenvalue weighted by Crippen LogP contribution is -2.60. The van der Waals surface area contributed by atoms with Crippen molar-refractivity contribution in [2.45, 2.75) is 19.4 Å². The zero-order valence-electron chi connectivity index (χ0n) is 20.1. The lowest BCUT2D eigenvalue weighted by atomic mass is 10.1. The molecule has 35 heavy (non-hydrogen) atoms. The fourth-order valence-corrected chi connectivity index (χ4v) is 4.38. The Morgan fingerprint density at radius 1 is 0.943 bits per heavy atom. The number of nitrogens with one attached hydrogen (secondary N) is 2. The predicted octanol–water partition coefficient (Wildman–Crippen LogP) is 1.77. The largest absolute Gasteiger partial charge is 0.457 e. The van der Waals surface area contributed by atoms with E-state index in [-0.39, 0.29) is 30.7 Å². The highest BCUT2D eigenvalue weighted by atomic mass is 16.5. The van der Waals surface area contributed by atoms with E-state index in [2.05, 4.69) is 27.4 Å². The average molecular weight is 480 g/mol. The number of ether oxygens (including phenoxy) is 1. The first kappa shape index (κ1) is 24.7. The number of anilines is 1. The van der Waals surface area contributed by atoms with Crippen LogP contribution in [0.2, 0.25) is 0 Å². The molecule has 9 nitrogen and oxygen atoms in total. The van der Waals surface area contributed by atoms with Crippen LogP contribution in [-0.2, 0) is 14.4 Å². The summed E-state index contributed by atoms with van der Waals surface area (Å²) >= 11 is 0. The SMILES string of the molecule is CCN1CCN(CC(=O)N2CCNC(=O)C2CC(=O)Nc2ccc(Oc3ccccc3)cc2)CC1. The Morgan fingerprint density at radius 2 is 1.60 bits per heavy atom. The molecular weight excluding hydrogens is 446 g/mol. The molecule has 0 spiro atoms. The van der Waals surface area contributed by atoms with Gasteiger partial charge >= 0.3 is 0 Å². The molecule has 2 heterocycles. The molecule has 0 aliphatic carbocycles. The van der Waals surface area contributed by atoms with Gasteiger partial charge in [0.2, 0.25) is 17.7 Å². The van der Waals surface area contributed by atoms with Crippen LogP contribution < -0.4 is 15.4 Å². The summed E-state index contributed by atoms with van der Waals surface area (Å²) in [6.07, 6.45) is -0.0938. The minimum atomic E-state index is -0.811. The normalized spacial score (nSPS) is 19.2. The third-order valence-electron chi connectivity index (χ3n) is 6.42. The molecule has 2 aromatic carbocycles. The zero-order chi connectivity index (χ0) is 24.6. The third-order valence-corrected chi connectivity index (χ3v) is 6.42. The zero-order valence-corrected chi connectivity index (χ0v) is 20.1. The molecule has 4 rings (SSSR count). The number of likely N-dealkylation sites (N-methyl/N-ethyl adjacent to an activating group) is 1. The minimum Gasteiger partial charge on any atom is -0.457 e. The summed E-state index contributed by atoms with van der Waals surface area (Å²) < 4.78 is 5.77. The van der Waals surface area contributed by atoms with E-state index in [1.807, 2.05) is 30.3 Å². The van der Waals surface area contributed by atoms with Gasteiger partial charge in [0.1, 0.15) is 17.5 Å². The van der Waals surface area contributed by atoms with E-state index < -0.39 is 6.04 Å². The second-order valence-electron chi connectivity index (χ2n) is 8.80. The minimum absolute atomic E-state index is 0.0938. The molecule has 2 saturated heterocycles. The first-order valence-electron chi connectivity index (χ1n) is 12.2. The van der Waals surface area contributed by atoms with Crippen molar-refractivity contribution in [3.05, 3.63) is 54.6 Å².